The highest BCUT2D eigenvalue weighted by Crippen LogP contribution is 2.32. The predicted octanol–water partition coefficient (Wildman–Crippen LogP) is 3.24. The van der Waals surface area contributed by atoms with Gasteiger partial charge < -0.3 is 19.9 Å². The van der Waals surface area contributed by atoms with Crippen molar-refractivity contribution in [2.75, 3.05) is 5.32 Å². The lowest BCUT2D eigenvalue weighted by atomic mass is 9.89. The van der Waals surface area contributed by atoms with Crippen LogP contribution in [0.15, 0.2) is 28.8 Å². The Hall–Kier alpha value is -2.12. The van der Waals surface area contributed by atoms with Gasteiger partial charge in [-0.2, -0.15) is 4.98 Å². The number of carbonyl (C=O) groups excluding carboxylic acids is 1. The summed E-state index contributed by atoms with van der Waals surface area (Å²) in [5.74, 6) is 2.31. The Morgan fingerprint density at radius 3 is 2.59 bits per heavy atom. The molecule has 2 atom stereocenters. The van der Waals surface area contributed by atoms with Gasteiger partial charge in [-0.1, -0.05) is 5.16 Å². The van der Waals surface area contributed by atoms with E-state index in [1.165, 1.54) is 12.8 Å². The van der Waals surface area contributed by atoms with E-state index in [4.69, 9.17) is 9.26 Å². The fraction of sp³-hybridized carbons (Fsp3) is 0.526. The van der Waals surface area contributed by atoms with Gasteiger partial charge in [-0.15, -0.1) is 12.4 Å². The van der Waals surface area contributed by atoms with Gasteiger partial charge in [0.1, 0.15) is 5.75 Å². The topological polar surface area (TPSA) is 89.3 Å². The molecule has 2 aromatic rings. The number of amides is 1. The molecule has 8 heteroatoms. The minimum absolute atomic E-state index is 0. The Morgan fingerprint density at radius 2 is 1.96 bits per heavy atom. The maximum absolute atomic E-state index is 12.3. The van der Waals surface area contributed by atoms with Gasteiger partial charge in [-0.05, 0) is 55.9 Å². The lowest BCUT2D eigenvalue weighted by Gasteiger charge is -2.28. The van der Waals surface area contributed by atoms with Crippen LogP contribution in [0, 0.1) is 12.8 Å². The second kappa shape index (κ2) is 8.71. The zero-order valence-corrected chi connectivity index (χ0v) is 16.1. The molecule has 0 aliphatic carbocycles. The number of anilines is 1. The normalized spacial score (nSPS) is 23.5. The van der Waals surface area contributed by atoms with Crippen molar-refractivity contribution in [2.45, 2.75) is 57.7 Å². The molecule has 2 fully saturated rings. The average Bonchev–Trinajstić information content (AvgIpc) is 3.19. The molecule has 27 heavy (non-hydrogen) atoms. The van der Waals surface area contributed by atoms with Crippen LogP contribution in [0.3, 0.4) is 0 Å². The van der Waals surface area contributed by atoms with Gasteiger partial charge in [0.05, 0.1) is 0 Å². The van der Waals surface area contributed by atoms with Gasteiger partial charge in [0.15, 0.2) is 6.61 Å². The molecule has 7 nitrogen and oxygen atoms in total. The minimum Gasteiger partial charge on any atom is -0.485 e. The Bertz CT molecular complexity index is 753. The van der Waals surface area contributed by atoms with Crippen molar-refractivity contribution in [3.05, 3.63) is 36.0 Å². The molecular weight excluding hydrogens is 368 g/mol. The average molecular weight is 393 g/mol. The molecule has 0 saturated carbocycles. The van der Waals surface area contributed by atoms with E-state index < -0.39 is 0 Å². The van der Waals surface area contributed by atoms with Gasteiger partial charge in [-0.3, -0.25) is 4.79 Å². The zero-order valence-electron chi connectivity index (χ0n) is 15.3. The summed E-state index contributed by atoms with van der Waals surface area (Å²) in [7, 11) is 0. The molecule has 2 aliphatic rings. The van der Waals surface area contributed by atoms with Crippen LogP contribution >= 0.6 is 12.4 Å². The predicted molar refractivity (Wildman–Crippen MR) is 103 cm³/mol. The number of hydrogen-bond acceptors (Lipinski definition) is 6. The summed E-state index contributed by atoms with van der Waals surface area (Å²) in [4.78, 5) is 16.4. The van der Waals surface area contributed by atoms with E-state index in [9.17, 15) is 4.79 Å². The van der Waals surface area contributed by atoms with Crippen LogP contribution < -0.4 is 15.4 Å². The number of hydrogen-bond donors (Lipinski definition) is 2. The number of piperidine rings is 1. The fourth-order valence-electron chi connectivity index (χ4n) is 4.00. The molecular formula is C19H25ClN4O3. The third kappa shape index (κ3) is 5.20. The number of nitrogens with zero attached hydrogens (tertiary/aromatic N) is 2. The highest BCUT2D eigenvalue weighted by Gasteiger charge is 2.34. The Balaban J connectivity index is 0.00000210. The van der Waals surface area contributed by atoms with Crippen LogP contribution in [0.25, 0.3) is 0 Å². The van der Waals surface area contributed by atoms with Crippen LogP contribution in [-0.4, -0.2) is 28.1 Å². The minimum atomic E-state index is 0. The van der Waals surface area contributed by atoms with Gasteiger partial charge in [0.25, 0.3) is 0 Å². The van der Waals surface area contributed by atoms with Gasteiger partial charge in [0, 0.05) is 31.1 Å². The largest absolute Gasteiger partial charge is 0.485 e. The van der Waals surface area contributed by atoms with Crippen molar-refractivity contribution in [3.8, 4) is 5.75 Å². The number of aryl methyl sites for hydroxylation is 1. The second-order valence-electron chi connectivity index (χ2n) is 7.27. The van der Waals surface area contributed by atoms with Gasteiger partial charge in [-0.25, -0.2) is 0 Å². The summed E-state index contributed by atoms with van der Waals surface area (Å²) in [6, 6.07) is 8.58. The third-order valence-electron chi connectivity index (χ3n) is 5.12. The smallest absolute Gasteiger partial charge is 0.224 e. The molecule has 0 spiro atoms. The van der Waals surface area contributed by atoms with Crippen molar-refractivity contribution >= 4 is 24.0 Å². The maximum atomic E-state index is 12.3. The number of carbonyl (C=O) groups is 1. The number of benzene rings is 1. The first-order chi connectivity index (χ1) is 12.6. The molecule has 1 aromatic carbocycles. The van der Waals surface area contributed by atoms with E-state index in [1.807, 2.05) is 24.3 Å². The fourth-order valence-corrected chi connectivity index (χ4v) is 4.00. The van der Waals surface area contributed by atoms with Gasteiger partial charge >= 0.3 is 0 Å². The molecule has 2 saturated heterocycles. The van der Waals surface area contributed by atoms with Crippen LogP contribution in [0.4, 0.5) is 5.69 Å². The van der Waals surface area contributed by atoms with Crippen molar-refractivity contribution in [3.63, 3.8) is 0 Å². The number of rotatable bonds is 6. The van der Waals surface area contributed by atoms with Crippen molar-refractivity contribution < 1.29 is 14.1 Å². The first kappa shape index (κ1) is 19.6. The Kier molecular flexibility index (Phi) is 6.34. The number of nitrogens with one attached hydrogen (secondary N) is 2. The number of halogens is 1. The first-order valence-corrected chi connectivity index (χ1v) is 9.22. The van der Waals surface area contributed by atoms with Crippen LogP contribution in [0.5, 0.6) is 5.75 Å². The van der Waals surface area contributed by atoms with E-state index in [-0.39, 0.29) is 24.9 Å². The molecule has 1 amide bonds. The lowest BCUT2D eigenvalue weighted by molar-refractivity contribution is -0.117. The second-order valence-corrected chi connectivity index (χ2v) is 7.27. The Labute approximate surface area is 164 Å². The highest BCUT2D eigenvalue weighted by atomic mass is 35.5. The maximum Gasteiger partial charge on any atom is 0.224 e. The zero-order chi connectivity index (χ0) is 17.9. The molecule has 2 N–H and O–H groups in total. The van der Waals surface area contributed by atoms with E-state index in [0.29, 0.717) is 41.9 Å². The SMILES string of the molecule is Cc1nc(COc2ccc(NC(=O)CC3CC4CCC(C3)N4)cc2)no1.Cl. The van der Waals surface area contributed by atoms with E-state index in [2.05, 4.69) is 20.8 Å². The summed E-state index contributed by atoms with van der Waals surface area (Å²) in [6.07, 6.45) is 5.35. The highest BCUT2D eigenvalue weighted by molar-refractivity contribution is 5.90. The van der Waals surface area contributed by atoms with Crippen LogP contribution in [0.1, 0.15) is 43.8 Å². The number of aromatic nitrogens is 2. The first-order valence-electron chi connectivity index (χ1n) is 9.22. The molecule has 4 rings (SSSR count). The molecule has 2 aliphatic heterocycles. The quantitative estimate of drug-likeness (QED) is 0.784. The van der Waals surface area contributed by atoms with E-state index >= 15 is 0 Å². The van der Waals surface area contributed by atoms with E-state index in [1.54, 1.807) is 6.92 Å². The summed E-state index contributed by atoms with van der Waals surface area (Å²) in [5.41, 5.74) is 0.787. The third-order valence-corrected chi connectivity index (χ3v) is 5.12. The van der Waals surface area contributed by atoms with Crippen molar-refractivity contribution in [1.29, 1.82) is 0 Å². The molecule has 146 valence electrons. The summed E-state index contributed by atoms with van der Waals surface area (Å²) >= 11 is 0. The molecule has 2 unspecified atom stereocenters. The Morgan fingerprint density at radius 1 is 1.26 bits per heavy atom. The van der Waals surface area contributed by atoms with E-state index in [0.717, 1.165) is 18.5 Å². The summed E-state index contributed by atoms with van der Waals surface area (Å²) < 4.78 is 10.5. The molecule has 0 radical (unpaired) electrons. The number of fused-ring (bicyclic) bond motifs is 2. The number of ether oxygens (including phenoxy) is 1. The van der Waals surface area contributed by atoms with Crippen molar-refractivity contribution in [1.82, 2.24) is 15.5 Å². The van der Waals surface area contributed by atoms with Crippen molar-refractivity contribution in [2.24, 2.45) is 5.92 Å². The van der Waals surface area contributed by atoms with Gasteiger partial charge in [0.2, 0.25) is 17.6 Å². The summed E-state index contributed by atoms with van der Waals surface area (Å²) in [6.45, 7) is 1.99. The monoisotopic (exact) mass is 392 g/mol. The van der Waals surface area contributed by atoms with Crippen LogP contribution in [0.2, 0.25) is 0 Å². The standard InChI is InChI=1S/C19H24N4O3.ClH/c1-12-20-18(23-26-12)11-25-17-6-4-14(5-7-17)22-19(24)10-13-8-15-2-3-16(9-13)21-15;/h4-7,13,15-16,21H,2-3,8-11H2,1H3,(H,22,24);1H. The summed E-state index contributed by atoms with van der Waals surface area (Å²) in [5, 5.41) is 10.4. The molecule has 2 bridgehead atoms. The molecule has 1 aromatic heterocycles. The lowest BCUT2D eigenvalue weighted by Crippen LogP contribution is -2.39. The van der Waals surface area contributed by atoms with Crippen LogP contribution in [-0.2, 0) is 11.4 Å². The molecule has 3 heterocycles.